The summed E-state index contributed by atoms with van der Waals surface area (Å²) in [6.07, 6.45) is 3.69. The lowest BCUT2D eigenvalue weighted by atomic mass is 10.2. The van der Waals surface area contributed by atoms with E-state index in [4.69, 9.17) is 19.2 Å². The van der Waals surface area contributed by atoms with E-state index in [-0.39, 0.29) is 11.1 Å². The van der Waals surface area contributed by atoms with Crippen LogP contribution in [0.15, 0.2) is 48.5 Å². The van der Waals surface area contributed by atoms with Crippen molar-refractivity contribution in [2.24, 2.45) is 0 Å². The monoisotopic (exact) mass is 386 g/mol. The molecule has 0 saturated carbocycles. The first-order valence-corrected chi connectivity index (χ1v) is 9.54. The van der Waals surface area contributed by atoms with Crippen LogP contribution in [-0.4, -0.2) is 25.2 Å². The summed E-state index contributed by atoms with van der Waals surface area (Å²) in [7, 11) is 0. The molecule has 0 amide bonds. The van der Waals surface area contributed by atoms with Gasteiger partial charge in [-0.25, -0.2) is 19.4 Å². The van der Waals surface area contributed by atoms with Crippen LogP contribution in [0, 0.1) is 0 Å². The van der Waals surface area contributed by atoms with Crippen molar-refractivity contribution in [1.29, 1.82) is 0 Å². The van der Waals surface area contributed by atoms with E-state index >= 15 is 0 Å². The number of para-hydroxylation sites is 2. The van der Waals surface area contributed by atoms with Gasteiger partial charge < -0.3 is 9.47 Å². The molecule has 6 nitrogen and oxygen atoms in total. The molecule has 0 fully saturated rings. The summed E-state index contributed by atoms with van der Waals surface area (Å²) in [5, 5.41) is 0. The van der Waals surface area contributed by atoms with E-state index in [0.29, 0.717) is 24.7 Å². The van der Waals surface area contributed by atoms with E-state index in [9.17, 15) is 9.59 Å². The second-order valence-electron chi connectivity index (χ2n) is 6.14. The number of hydrogen-bond acceptors (Lipinski definition) is 6. The summed E-state index contributed by atoms with van der Waals surface area (Å²) in [6.45, 7) is 5.08. The quantitative estimate of drug-likeness (QED) is 0.326. The van der Waals surface area contributed by atoms with Crippen LogP contribution in [0.1, 0.15) is 60.2 Å². The summed E-state index contributed by atoms with van der Waals surface area (Å²) < 4.78 is 11.2. The summed E-state index contributed by atoms with van der Waals surface area (Å²) in [5.74, 6) is -0.824. The third-order valence-corrected chi connectivity index (χ3v) is 3.92. The SMILES string of the molecule is CCCCOc1ccccc1C(=O)OOC(=O)c1ccccc1OCCCC. The van der Waals surface area contributed by atoms with Gasteiger partial charge in [0.25, 0.3) is 0 Å². The van der Waals surface area contributed by atoms with Gasteiger partial charge in [-0.2, -0.15) is 0 Å². The Kier molecular flexibility index (Phi) is 8.85. The van der Waals surface area contributed by atoms with Crippen molar-refractivity contribution >= 4 is 11.9 Å². The molecule has 6 heteroatoms. The highest BCUT2D eigenvalue weighted by Crippen LogP contribution is 2.22. The Morgan fingerprint density at radius 2 is 1.07 bits per heavy atom. The molecule has 0 aliphatic heterocycles. The number of carbonyl (C=O) groups is 2. The summed E-state index contributed by atoms with van der Waals surface area (Å²) in [5.41, 5.74) is 0.387. The molecule has 0 aromatic heterocycles. The van der Waals surface area contributed by atoms with Crippen molar-refractivity contribution in [3.05, 3.63) is 59.7 Å². The molecule has 0 unspecified atom stereocenters. The van der Waals surface area contributed by atoms with Gasteiger partial charge in [-0.15, -0.1) is 0 Å². The zero-order valence-corrected chi connectivity index (χ0v) is 16.3. The minimum absolute atomic E-state index is 0.193. The predicted octanol–water partition coefficient (Wildman–Crippen LogP) is 4.97. The van der Waals surface area contributed by atoms with Crippen molar-refractivity contribution in [3.8, 4) is 11.5 Å². The van der Waals surface area contributed by atoms with E-state index in [0.717, 1.165) is 25.7 Å². The van der Waals surface area contributed by atoms with E-state index in [1.54, 1.807) is 48.5 Å². The Morgan fingerprint density at radius 3 is 1.46 bits per heavy atom. The largest absolute Gasteiger partial charge is 0.493 e. The van der Waals surface area contributed by atoms with E-state index < -0.39 is 11.9 Å². The van der Waals surface area contributed by atoms with E-state index in [2.05, 4.69) is 0 Å². The normalized spacial score (nSPS) is 10.2. The maximum atomic E-state index is 12.3. The van der Waals surface area contributed by atoms with Crippen LogP contribution in [0.2, 0.25) is 0 Å². The molecule has 0 bridgehead atoms. The zero-order valence-electron chi connectivity index (χ0n) is 16.3. The summed E-state index contributed by atoms with van der Waals surface area (Å²) in [4.78, 5) is 34.1. The smallest absolute Gasteiger partial charge is 0.390 e. The molecule has 2 rings (SSSR count). The highest BCUT2D eigenvalue weighted by atomic mass is 17.2. The number of benzene rings is 2. The Hall–Kier alpha value is -3.02. The topological polar surface area (TPSA) is 71.1 Å². The first kappa shape index (κ1) is 21.3. The number of rotatable bonds is 10. The lowest BCUT2D eigenvalue weighted by molar-refractivity contribution is -0.187. The molecule has 2 aromatic carbocycles. The van der Waals surface area contributed by atoms with Crippen LogP contribution in [0.3, 0.4) is 0 Å². The highest BCUT2D eigenvalue weighted by Gasteiger charge is 2.20. The van der Waals surface area contributed by atoms with Crippen LogP contribution in [0.5, 0.6) is 11.5 Å². The number of ether oxygens (including phenoxy) is 2. The standard InChI is InChI=1S/C22H26O6/c1-3-5-15-25-19-13-9-7-11-17(19)21(23)27-28-22(24)18-12-8-10-14-20(18)26-16-6-4-2/h7-14H,3-6,15-16H2,1-2H3. The summed E-state index contributed by atoms with van der Waals surface area (Å²) >= 11 is 0. The minimum atomic E-state index is -0.801. The van der Waals surface area contributed by atoms with Crippen molar-refractivity contribution in [2.45, 2.75) is 39.5 Å². The Labute approximate surface area is 165 Å². The molecule has 28 heavy (non-hydrogen) atoms. The van der Waals surface area contributed by atoms with Crippen LogP contribution in [-0.2, 0) is 9.78 Å². The molecule has 0 heterocycles. The Balaban J connectivity index is 1.99. The lowest BCUT2D eigenvalue weighted by Gasteiger charge is -2.11. The van der Waals surface area contributed by atoms with Gasteiger partial charge >= 0.3 is 11.9 Å². The molecule has 0 radical (unpaired) electrons. The fraction of sp³-hybridized carbons (Fsp3) is 0.364. The Bertz CT molecular complexity index is 706. The molecule has 0 spiro atoms. The zero-order chi connectivity index (χ0) is 20.2. The summed E-state index contributed by atoms with van der Waals surface area (Å²) in [6, 6.07) is 13.3. The van der Waals surface area contributed by atoms with Gasteiger partial charge in [-0.3, -0.25) is 0 Å². The molecule has 0 saturated heterocycles. The second kappa shape index (κ2) is 11.6. The molecule has 0 aliphatic carbocycles. The molecular formula is C22H26O6. The van der Waals surface area contributed by atoms with Crippen molar-refractivity contribution in [2.75, 3.05) is 13.2 Å². The minimum Gasteiger partial charge on any atom is -0.493 e. The maximum absolute atomic E-state index is 12.3. The number of unbranched alkanes of at least 4 members (excludes halogenated alkanes) is 2. The van der Waals surface area contributed by atoms with Crippen molar-refractivity contribution in [3.63, 3.8) is 0 Å². The molecule has 0 aliphatic rings. The van der Waals surface area contributed by atoms with Gasteiger partial charge in [0, 0.05) is 0 Å². The van der Waals surface area contributed by atoms with Gasteiger partial charge in [0.05, 0.1) is 13.2 Å². The molecule has 0 N–H and O–H groups in total. The third kappa shape index (κ3) is 6.30. The second-order valence-corrected chi connectivity index (χ2v) is 6.14. The maximum Gasteiger partial charge on any atom is 0.390 e. The average Bonchev–Trinajstić information content (AvgIpc) is 2.73. The van der Waals surface area contributed by atoms with Crippen LogP contribution in [0.4, 0.5) is 0 Å². The third-order valence-electron chi connectivity index (χ3n) is 3.92. The fourth-order valence-electron chi connectivity index (χ4n) is 2.34. The van der Waals surface area contributed by atoms with E-state index in [1.165, 1.54) is 0 Å². The van der Waals surface area contributed by atoms with E-state index in [1.807, 2.05) is 13.8 Å². The number of carbonyl (C=O) groups excluding carboxylic acids is 2. The van der Waals surface area contributed by atoms with Gasteiger partial charge in [0.15, 0.2) is 0 Å². The molecule has 150 valence electrons. The van der Waals surface area contributed by atoms with Crippen molar-refractivity contribution < 1.29 is 28.8 Å². The molecule has 0 atom stereocenters. The molecular weight excluding hydrogens is 360 g/mol. The van der Waals surface area contributed by atoms with Gasteiger partial charge in [-0.05, 0) is 37.1 Å². The van der Waals surface area contributed by atoms with Gasteiger partial charge in [0.2, 0.25) is 0 Å². The Morgan fingerprint density at radius 1 is 0.679 bits per heavy atom. The highest BCUT2D eigenvalue weighted by molar-refractivity contribution is 5.95. The first-order chi connectivity index (χ1) is 13.7. The molecule has 2 aromatic rings. The number of hydrogen-bond donors (Lipinski definition) is 0. The lowest BCUT2D eigenvalue weighted by Crippen LogP contribution is -2.14. The van der Waals surface area contributed by atoms with Crippen LogP contribution < -0.4 is 9.47 Å². The van der Waals surface area contributed by atoms with Crippen LogP contribution >= 0.6 is 0 Å². The van der Waals surface area contributed by atoms with Gasteiger partial charge in [0.1, 0.15) is 22.6 Å². The van der Waals surface area contributed by atoms with Crippen molar-refractivity contribution in [1.82, 2.24) is 0 Å². The fourth-order valence-corrected chi connectivity index (χ4v) is 2.34. The van der Waals surface area contributed by atoms with Crippen LogP contribution in [0.25, 0.3) is 0 Å². The average molecular weight is 386 g/mol. The van der Waals surface area contributed by atoms with Gasteiger partial charge in [-0.1, -0.05) is 51.0 Å². The predicted molar refractivity (Wildman–Crippen MR) is 105 cm³/mol. The first-order valence-electron chi connectivity index (χ1n) is 9.54.